The molecule has 1 aromatic carbocycles. The van der Waals surface area contributed by atoms with Crippen LogP contribution in [0, 0.1) is 5.82 Å². The Morgan fingerprint density at radius 2 is 2.00 bits per heavy atom. The van der Waals surface area contributed by atoms with Crippen molar-refractivity contribution >= 4 is 0 Å². The maximum atomic E-state index is 14.1. The van der Waals surface area contributed by atoms with Gasteiger partial charge in [0.15, 0.2) is 0 Å². The van der Waals surface area contributed by atoms with Gasteiger partial charge in [0.2, 0.25) is 0 Å². The molecule has 0 atom stereocenters. The Morgan fingerprint density at radius 3 is 2.68 bits per heavy atom. The maximum absolute atomic E-state index is 14.1. The molecule has 0 spiro atoms. The number of imidazole rings is 1. The molecule has 2 aromatic rings. The van der Waals surface area contributed by atoms with Crippen molar-refractivity contribution in [3.05, 3.63) is 58.0 Å². The molecule has 0 saturated heterocycles. The predicted molar refractivity (Wildman–Crippen MR) is 70.4 cm³/mol. The summed E-state index contributed by atoms with van der Waals surface area (Å²) in [5, 5.41) is 0. The highest BCUT2D eigenvalue weighted by atomic mass is 19.1. The summed E-state index contributed by atoms with van der Waals surface area (Å²) in [6.07, 6.45) is 5.61. The quantitative estimate of drug-likeness (QED) is 0.909. The molecule has 0 aliphatic heterocycles. The molecule has 1 aliphatic rings. The first-order chi connectivity index (χ1) is 9.20. The van der Waals surface area contributed by atoms with E-state index in [0.717, 1.165) is 12.8 Å². The highest BCUT2D eigenvalue weighted by molar-refractivity contribution is 5.26. The highest BCUT2D eigenvalue weighted by Crippen LogP contribution is 2.33. The van der Waals surface area contributed by atoms with Gasteiger partial charge in [0, 0.05) is 36.1 Å². The van der Waals surface area contributed by atoms with E-state index in [-0.39, 0.29) is 24.6 Å². The molecule has 1 aliphatic carbocycles. The van der Waals surface area contributed by atoms with Crippen molar-refractivity contribution in [2.24, 2.45) is 5.73 Å². The van der Waals surface area contributed by atoms with Crippen LogP contribution in [0.15, 0.2) is 35.4 Å². The van der Waals surface area contributed by atoms with Crippen LogP contribution in [0.5, 0.6) is 0 Å². The van der Waals surface area contributed by atoms with Gasteiger partial charge in [-0.25, -0.2) is 9.18 Å². The summed E-state index contributed by atoms with van der Waals surface area (Å²) in [6, 6.07) is 5.46. The summed E-state index contributed by atoms with van der Waals surface area (Å²) in [7, 11) is 0. The third-order valence-electron chi connectivity index (χ3n) is 3.53. The molecule has 5 heteroatoms. The van der Waals surface area contributed by atoms with Gasteiger partial charge >= 0.3 is 5.69 Å². The van der Waals surface area contributed by atoms with Gasteiger partial charge in [0.05, 0.1) is 6.54 Å². The van der Waals surface area contributed by atoms with Gasteiger partial charge in [-0.3, -0.25) is 9.13 Å². The molecule has 1 aromatic heterocycles. The summed E-state index contributed by atoms with van der Waals surface area (Å²) < 4.78 is 17.3. The van der Waals surface area contributed by atoms with Crippen LogP contribution < -0.4 is 11.4 Å². The number of benzene rings is 1. The lowest BCUT2D eigenvalue weighted by molar-refractivity contribution is 0.576. The normalized spacial score (nSPS) is 14.8. The fourth-order valence-electron chi connectivity index (χ4n) is 2.28. The maximum Gasteiger partial charge on any atom is 0.328 e. The number of hydrogen-bond acceptors (Lipinski definition) is 2. The summed E-state index contributed by atoms with van der Waals surface area (Å²) in [5.41, 5.74) is 6.39. The number of rotatable bonds is 4. The van der Waals surface area contributed by atoms with Crippen molar-refractivity contribution in [2.45, 2.75) is 32.0 Å². The Labute approximate surface area is 110 Å². The Kier molecular flexibility index (Phi) is 2.98. The Morgan fingerprint density at radius 1 is 1.26 bits per heavy atom. The zero-order valence-corrected chi connectivity index (χ0v) is 10.6. The van der Waals surface area contributed by atoms with E-state index in [1.807, 2.05) is 0 Å². The first kappa shape index (κ1) is 12.2. The molecule has 2 N–H and O–H groups in total. The van der Waals surface area contributed by atoms with Crippen molar-refractivity contribution < 1.29 is 4.39 Å². The van der Waals surface area contributed by atoms with E-state index in [0.29, 0.717) is 17.2 Å². The van der Waals surface area contributed by atoms with Gasteiger partial charge in [-0.15, -0.1) is 0 Å². The second-order valence-electron chi connectivity index (χ2n) is 4.94. The molecule has 4 nitrogen and oxygen atoms in total. The lowest BCUT2D eigenvalue weighted by atomic mass is 10.1. The zero-order chi connectivity index (χ0) is 13.4. The fraction of sp³-hybridized carbons (Fsp3) is 0.357. The van der Waals surface area contributed by atoms with E-state index in [2.05, 4.69) is 0 Å². The summed E-state index contributed by atoms with van der Waals surface area (Å²) in [4.78, 5) is 12.1. The third-order valence-corrected chi connectivity index (χ3v) is 3.53. The van der Waals surface area contributed by atoms with Gasteiger partial charge in [0.1, 0.15) is 5.82 Å². The number of nitrogens with zero attached hydrogens (tertiary/aromatic N) is 2. The van der Waals surface area contributed by atoms with Crippen LogP contribution in [0.4, 0.5) is 4.39 Å². The van der Waals surface area contributed by atoms with Gasteiger partial charge in [-0.1, -0.05) is 18.2 Å². The molecule has 0 amide bonds. The van der Waals surface area contributed by atoms with Crippen molar-refractivity contribution in [3.8, 4) is 0 Å². The lowest BCUT2D eigenvalue weighted by Gasteiger charge is -2.07. The van der Waals surface area contributed by atoms with Crippen molar-refractivity contribution in [1.29, 1.82) is 0 Å². The monoisotopic (exact) mass is 261 g/mol. The second kappa shape index (κ2) is 4.66. The van der Waals surface area contributed by atoms with Crippen LogP contribution in [0.3, 0.4) is 0 Å². The van der Waals surface area contributed by atoms with Crippen LogP contribution in [-0.2, 0) is 13.1 Å². The number of aromatic nitrogens is 2. The Hall–Kier alpha value is -1.88. The van der Waals surface area contributed by atoms with Crippen molar-refractivity contribution in [3.63, 3.8) is 0 Å². The summed E-state index contributed by atoms with van der Waals surface area (Å²) in [5.74, 6) is -0.309. The second-order valence-corrected chi connectivity index (χ2v) is 4.94. The van der Waals surface area contributed by atoms with E-state index >= 15 is 0 Å². The zero-order valence-electron chi connectivity index (χ0n) is 10.6. The molecule has 0 radical (unpaired) electrons. The summed E-state index contributed by atoms with van der Waals surface area (Å²) in [6.45, 7) is 0.413. The van der Waals surface area contributed by atoms with Crippen molar-refractivity contribution in [2.75, 3.05) is 0 Å². The minimum atomic E-state index is -0.309. The van der Waals surface area contributed by atoms with E-state index < -0.39 is 0 Å². The van der Waals surface area contributed by atoms with Crippen molar-refractivity contribution in [1.82, 2.24) is 9.13 Å². The molecule has 19 heavy (non-hydrogen) atoms. The van der Waals surface area contributed by atoms with E-state index in [4.69, 9.17) is 5.73 Å². The van der Waals surface area contributed by atoms with Gasteiger partial charge < -0.3 is 5.73 Å². The average Bonchev–Trinajstić information content (AvgIpc) is 3.19. The third kappa shape index (κ3) is 2.21. The molecule has 1 heterocycles. The first-order valence-electron chi connectivity index (χ1n) is 6.44. The van der Waals surface area contributed by atoms with Crippen LogP contribution in [-0.4, -0.2) is 9.13 Å². The van der Waals surface area contributed by atoms with Gasteiger partial charge in [0.25, 0.3) is 0 Å². The Bertz CT molecular complexity index is 655. The largest absolute Gasteiger partial charge is 0.328 e. The Balaban J connectivity index is 1.91. The molecule has 0 unspecified atom stereocenters. The number of nitrogens with two attached hydrogens (primary N) is 1. The topological polar surface area (TPSA) is 52.9 Å². The molecule has 100 valence electrons. The minimum Gasteiger partial charge on any atom is -0.326 e. The molecule has 1 saturated carbocycles. The van der Waals surface area contributed by atoms with Crippen LogP contribution in [0.1, 0.15) is 30.0 Å². The standard InChI is InChI=1S/C14H16FN3O/c15-13-10(8-16)2-1-3-11(13)9-17-6-7-18(14(17)19)12-4-5-12/h1-3,6-7,12H,4-5,8-9,16H2. The summed E-state index contributed by atoms with van der Waals surface area (Å²) >= 11 is 0. The first-order valence-corrected chi connectivity index (χ1v) is 6.44. The molecule has 3 rings (SSSR count). The average molecular weight is 261 g/mol. The van der Waals surface area contributed by atoms with E-state index in [1.165, 1.54) is 4.57 Å². The number of halogens is 1. The fourth-order valence-corrected chi connectivity index (χ4v) is 2.28. The van der Waals surface area contributed by atoms with Gasteiger partial charge in [-0.2, -0.15) is 0 Å². The minimum absolute atomic E-state index is 0.0694. The lowest BCUT2D eigenvalue weighted by Crippen LogP contribution is -2.24. The molecular weight excluding hydrogens is 245 g/mol. The van der Waals surface area contributed by atoms with E-state index in [1.54, 1.807) is 35.2 Å². The van der Waals surface area contributed by atoms with Gasteiger partial charge in [-0.05, 0) is 12.8 Å². The van der Waals surface area contributed by atoms with Crippen LogP contribution >= 0.6 is 0 Å². The smallest absolute Gasteiger partial charge is 0.326 e. The van der Waals surface area contributed by atoms with Crippen LogP contribution in [0.2, 0.25) is 0 Å². The van der Waals surface area contributed by atoms with E-state index in [9.17, 15) is 9.18 Å². The number of hydrogen-bond donors (Lipinski definition) is 1. The predicted octanol–water partition coefficient (Wildman–Crippen LogP) is 1.63. The SMILES string of the molecule is NCc1cccc(Cn2ccn(C3CC3)c2=O)c1F. The molecule has 1 fully saturated rings. The molecular formula is C14H16FN3O. The highest BCUT2D eigenvalue weighted by Gasteiger charge is 2.25. The molecule has 0 bridgehead atoms. The van der Waals surface area contributed by atoms with Crippen LogP contribution in [0.25, 0.3) is 0 Å².